The van der Waals surface area contributed by atoms with Crippen LogP contribution in [0.25, 0.3) is 0 Å². The van der Waals surface area contributed by atoms with Crippen LogP contribution in [0.2, 0.25) is 0 Å². The van der Waals surface area contributed by atoms with Crippen molar-refractivity contribution in [3.05, 3.63) is 39.8 Å². The molecule has 0 spiro atoms. The molecule has 1 aromatic carbocycles. The van der Waals surface area contributed by atoms with Crippen LogP contribution in [0.1, 0.15) is 28.5 Å². The molecule has 20 heavy (non-hydrogen) atoms. The Balaban J connectivity index is 2.04. The Kier molecular flexibility index (Phi) is 4.54. The first-order chi connectivity index (χ1) is 9.45. The number of ether oxygens (including phenoxy) is 1. The molecule has 108 valence electrons. The van der Waals surface area contributed by atoms with E-state index in [0.29, 0.717) is 0 Å². The molecule has 0 aliphatic carbocycles. The van der Waals surface area contributed by atoms with Gasteiger partial charge in [0, 0.05) is 10.6 Å². The average Bonchev–Trinajstić information content (AvgIpc) is 2.70. The third kappa shape index (κ3) is 3.66. The molecule has 0 amide bonds. The van der Waals surface area contributed by atoms with Crippen molar-refractivity contribution in [1.82, 2.24) is 4.98 Å². The van der Waals surface area contributed by atoms with Crippen LogP contribution in [0, 0.1) is 13.8 Å². The van der Waals surface area contributed by atoms with Crippen LogP contribution in [0.3, 0.4) is 0 Å². The van der Waals surface area contributed by atoms with Crippen molar-refractivity contribution in [1.29, 1.82) is 0 Å². The van der Waals surface area contributed by atoms with Gasteiger partial charge in [0.1, 0.15) is 5.75 Å². The number of anilines is 1. The van der Waals surface area contributed by atoms with Gasteiger partial charge in [0.25, 0.3) is 0 Å². The minimum absolute atomic E-state index is 0.0572. The topological polar surface area (TPSA) is 34.2 Å². The van der Waals surface area contributed by atoms with E-state index in [9.17, 15) is 8.78 Å². The van der Waals surface area contributed by atoms with E-state index >= 15 is 0 Å². The first kappa shape index (κ1) is 14.7. The number of nitrogens with zero attached hydrogens (tertiary/aromatic N) is 1. The predicted octanol–water partition coefficient (Wildman–Crippen LogP) is 4.53. The summed E-state index contributed by atoms with van der Waals surface area (Å²) in [7, 11) is 0. The van der Waals surface area contributed by atoms with Crippen molar-refractivity contribution in [3.8, 4) is 5.75 Å². The van der Waals surface area contributed by atoms with Crippen LogP contribution in [0.5, 0.6) is 5.75 Å². The lowest BCUT2D eigenvalue weighted by atomic mass is 10.2. The zero-order chi connectivity index (χ0) is 14.7. The summed E-state index contributed by atoms with van der Waals surface area (Å²) in [6.45, 7) is 3.24. The summed E-state index contributed by atoms with van der Waals surface area (Å²) < 4.78 is 28.4. The molecule has 1 N–H and O–H groups in total. The van der Waals surface area contributed by atoms with E-state index in [1.165, 1.54) is 17.0 Å². The van der Waals surface area contributed by atoms with Crippen molar-refractivity contribution in [3.63, 3.8) is 0 Å². The molecule has 1 aromatic heterocycles. The van der Waals surface area contributed by atoms with Gasteiger partial charge in [-0.3, -0.25) is 0 Å². The summed E-state index contributed by atoms with van der Waals surface area (Å²) in [5, 5.41) is 4.33. The second-order valence-corrected chi connectivity index (χ2v) is 5.85. The second kappa shape index (κ2) is 6.17. The maximum absolute atomic E-state index is 12.1. The fourth-order valence-electron chi connectivity index (χ4n) is 2.00. The smallest absolute Gasteiger partial charge is 0.387 e. The Bertz CT molecular complexity index is 569. The fourth-order valence-corrected chi connectivity index (χ4v) is 2.91. The van der Waals surface area contributed by atoms with E-state index in [1.54, 1.807) is 23.5 Å². The predicted molar refractivity (Wildman–Crippen MR) is 76.7 cm³/mol. The molecule has 0 aliphatic heterocycles. The molecule has 0 bridgehead atoms. The van der Waals surface area contributed by atoms with Gasteiger partial charge in [-0.25, -0.2) is 4.98 Å². The standard InChI is InChI=1S/C14H16F2N2OS/c1-8(13-9(2)20-10(3)18-13)17-11-4-6-12(7-5-11)19-14(15)16/h4-8,14,17H,1-3H3. The van der Waals surface area contributed by atoms with Gasteiger partial charge in [-0.1, -0.05) is 0 Å². The van der Waals surface area contributed by atoms with E-state index in [1.807, 2.05) is 20.8 Å². The molecule has 2 aromatic rings. The number of rotatable bonds is 5. The maximum atomic E-state index is 12.1. The minimum atomic E-state index is -2.80. The summed E-state index contributed by atoms with van der Waals surface area (Å²) in [6.07, 6.45) is 0. The number of thiazole rings is 1. The first-order valence-electron chi connectivity index (χ1n) is 6.21. The molecule has 6 heteroatoms. The minimum Gasteiger partial charge on any atom is -0.435 e. The van der Waals surface area contributed by atoms with E-state index in [4.69, 9.17) is 0 Å². The zero-order valence-electron chi connectivity index (χ0n) is 11.5. The van der Waals surface area contributed by atoms with Crippen molar-refractivity contribution in [2.45, 2.75) is 33.4 Å². The van der Waals surface area contributed by atoms with Crippen molar-refractivity contribution >= 4 is 17.0 Å². The molecular formula is C14H16F2N2OS. The normalized spacial score (nSPS) is 12.5. The summed E-state index contributed by atoms with van der Waals surface area (Å²) in [5.41, 5.74) is 1.85. The van der Waals surface area contributed by atoms with E-state index < -0.39 is 6.61 Å². The lowest BCUT2D eigenvalue weighted by Gasteiger charge is -2.14. The van der Waals surface area contributed by atoms with Crippen molar-refractivity contribution in [2.24, 2.45) is 0 Å². The van der Waals surface area contributed by atoms with Gasteiger partial charge >= 0.3 is 6.61 Å². The Labute approximate surface area is 120 Å². The van der Waals surface area contributed by atoms with Gasteiger partial charge < -0.3 is 10.1 Å². The lowest BCUT2D eigenvalue weighted by molar-refractivity contribution is -0.0498. The molecule has 2 rings (SSSR count). The number of hydrogen-bond donors (Lipinski definition) is 1. The summed E-state index contributed by atoms with van der Waals surface area (Å²) in [4.78, 5) is 5.68. The third-order valence-electron chi connectivity index (χ3n) is 2.81. The number of alkyl halides is 2. The Morgan fingerprint density at radius 3 is 2.35 bits per heavy atom. The van der Waals surface area contributed by atoms with Crippen LogP contribution >= 0.6 is 11.3 Å². The summed E-state index contributed by atoms with van der Waals surface area (Å²) in [5.74, 6) is 0.152. The van der Waals surface area contributed by atoms with Gasteiger partial charge in [0.2, 0.25) is 0 Å². The summed E-state index contributed by atoms with van der Waals surface area (Å²) >= 11 is 1.66. The van der Waals surface area contributed by atoms with Gasteiger partial charge in [-0.05, 0) is 45.0 Å². The molecule has 0 saturated carbocycles. The number of hydrogen-bond acceptors (Lipinski definition) is 4. The molecule has 1 unspecified atom stereocenters. The van der Waals surface area contributed by atoms with Crippen molar-refractivity contribution in [2.75, 3.05) is 5.32 Å². The Morgan fingerprint density at radius 2 is 1.85 bits per heavy atom. The van der Waals surface area contributed by atoms with Crippen LogP contribution in [-0.2, 0) is 0 Å². The molecule has 0 saturated heterocycles. The molecule has 0 fully saturated rings. The number of benzene rings is 1. The number of aryl methyl sites for hydroxylation is 2. The molecule has 0 aliphatic rings. The molecule has 3 nitrogen and oxygen atoms in total. The zero-order valence-corrected chi connectivity index (χ0v) is 12.3. The average molecular weight is 298 g/mol. The molecule has 1 heterocycles. The lowest BCUT2D eigenvalue weighted by Crippen LogP contribution is -2.08. The summed E-state index contributed by atoms with van der Waals surface area (Å²) in [6, 6.07) is 6.51. The van der Waals surface area contributed by atoms with Gasteiger partial charge in [0.05, 0.1) is 16.7 Å². The van der Waals surface area contributed by atoms with Crippen LogP contribution < -0.4 is 10.1 Å². The second-order valence-electron chi connectivity index (χ2n) is 4.44. The monoisotopic (exact) mass is 298 g/mol. The Hall–Kier alpha value is -1.69. The van der Waals surface area contributed by atoms with Crippen LogP contribution in [0.4, 0.5) is 14.5 Å². The third-order valence-corrected chi connectivity index (χ3v) is 3.71. The van der Waals surface area contributed by atoms with Gasteiger partial charge in [-0.2, -0.15) is 8.78 Å². The largest absolute Gasteiger partial charge is 0.435 e. The first-order valence-corrected chi connectivity index (χ1v) is 7.02. The van der Waals surface area contributed by atoms with E-state index in [2.05, 4.69) is 15.0 Å². The van der Waals surface area contributed by atoms with Crippen molar-refractivity contribution < 1.29 is 13.5 Å². The number of aromatic nitrogens is 1. The highest BCUT2D eigenvalue weighted by molar-refractivity contribution is 7.11. The number of halogens is 2. The van der Waals surface area contributed by atoms with Crippen LogP contribution in [0.15, 0.2) is 24.3 Å². The maximum Gasteiger partial charge on any atom is 0.387 e. The highest BCUT2D eigenvalue weighted by atomic mass is 32.1. The van der Waals surface area contributed by atoms with E-state index in [-0.39, 0.29) is 11.8 Å². The molecule has 0 radical (unpaired) electrons. The highest BCUT2D eigenvalue weighted by Gasteiger charge is 2.13. The molecule has 1 atom stereocenters. The molecular weight excluding hydrogens is 282 g/mol. The SMILES string of the molecule is Cc1nc(C(C)Nc2ccc(OC(F)F)cc2)c(C)s1. The van der Waals surface area contributed by atoms with Gasteiger partial charge in [0.15, 0.2) is 0 Å². The quantitative estimate of drug-likeness (QED) is 0.880. The van der Waals surface area contributed by atoms with Crippen LogP contribution in [-0.4, -0.2) is 11.6 Å². The van der Waals surface area contributed by atoms with Gasteiger partial charge in [-0.15, -0.1) is 11.3 Å². The van der Waals surface area contributed by atoms with E-state index in [0.717, 1.165) is 16.4 Å². The number of nitrogens with one attached hydrogen (secondary N) is 1. The Morgan fingerprint density at radius 1 is 1.20 bits per heavy atom. The highest BCUT2D eigenvalue weighted by Crippen LogP contribution is 2.26. The fraction of sp³-hybridized carbons (Fsp3) is 0.357.